The molecule has 1 aliphatic heterocycles. The second-order valence-corrected chi connectivity index (χ2v) is 3.65. The number of anilines is 2. The van der Waals surface area contributed by atoms with Crippen LogP contribution < -0.4 is 16.4 Å². The normalized spacial score (nSPS) is 18.0. The quantitative estimate of drug-likeness (QED) is 0.649. The van der Waals surface area contributed by atoms with Crippen molar-refractivity contribution in [3.63, 3.8) is 0 Å². The van der Waals surface area contributed by atoms with Crippen molar-refractivity contribution in [2.75, 3.05) is 24.1 Å². The summed E-state index contributed by atoms with van der Waals surface area (Å²) in [7, 11) is 0. The van der Waals surface area contributed by atoms with E-state index in [1.807, 2.05) is 12.1 Å². The average molecular weight is 192 g/mol. The summed E-state index contributed by atoms with van der Waals surface area (Å²) in [6.45, 7) is 2.18. The lowest BCUT2D eigenvalue weighted by Crippen LogP contribution is -2.35. The van der Waals surface area contributed by atoms with Crippen molar-refractivity contribution in [2.45, 2.75) is 18.9 Å². The first kappa shape index (κ1) is 9.27. The molecule has 1 aromatic rings. The van der Waals surface area contributed by atoms with Gasteiger partial charge in [-0.3, -0.25) is 0 Å². The Morgan fingerprint density at radius 1 is 1.36 bits per heavy atom. The van der Waals surface area contributed by atoms with Crippen LogP contribution >= 0.6 is 0 Å². The van der Waals surface area contributed by atoms with Crippen LogP contribution in [0.15, 0.2) is 18.3 Å². The highest BCUT2D eigenvalue weighted by atomic mass is 15.0. The highest BCUT2D eigenvalue weighted by Crippen LogP contribution is 2.11. The van der Waals surface area contributed by atoms with Crippen LogP contribution in [0.25, 0.3) is 0 Å². The van der Waals surface area contributed by atoms with Gasteiger partial charge in [0.1, 0.15) is 5.82 Å². The molecular formula is C10H16N4. The number of nitrogens with zero attached hydrogens (tertiary/aromatic N) is 1. The van der Waals surface area contributed by atoms with Crippen LogP contribution in [-0.2, 0) is 0 Å². The van der Waals surface area contributed by atoms with Crippen LogP contribution in [0, 0.1) is 0 Å². The van der Waals surface area contributed by atoms with Gasteiger partial charge in [-0.05, 0) is 38.1 Å². The molecule has 1 fully saturated rings. The van der Waals surface area contributed by atoms with E-state index in [-0.39, 0.29) is 0 Å². The van der Waals surface area contributed by atoms with Crippen LogP contribution in [0.4, 0.5) is 11.5 Å². The highest BCUT2D eigenvalue weighted by molar-refractivity contribution is 5.44. The first-order valence-corrected chi connectivity index (χ1v) is 5.03. The van der Waals surface area contributed by atoms with Crippen molar-refractivity contribution in [3.8, 4) is 0 Å². The van der Waals surface area contributed by atoms with Gasteiger partial charge in [0, 0.05) is 6.04 Å². The molecule has 0 spiro atoms. The zero-order valence-electron chi connectivity index (χ0n) is 8.16. The van der Waals surface area contributed by atoms with Crippen molar-refractivity contribution >= 4 is 11.5 Å². The molecule has 4 heteroatoms. The minimum Gasteiger partial charge on any atom is -0.397 e. The van der Waals surface area contributed by atoms with Crippen LogP contribution in [0.5, 0.6) is 0 Å². The number of nitrogens with two attached hydrogens (primary N) is 1. The number of pyridine rings is 1. The van der Waals surface area contributed by atoms with Crippen LogP contribution in [0.2, 0.25) is 0 Å². The molecule has 0 atom stereocenters. The number of nitrogens with one attached hydrogen (secondary N) is 2. The SMILES string of the molecule is Nc1ccc(NC2CCNCC2)nc1. The Hall–Kier alpha value is -1.29. The molecule has 0 amide bonds. The van der Waals surface area contributed by atoms with Crippen LogP contribution in [0.1, 0.15) is 12.8 Å². The number of piperidine rings is 1. The van der Waals surface area contributed by atoms with Gasteiger partial charge in [0.15, 0.2) is 0 Å². The molecule has 4 nitrogen and oxygen atoms in total. The number of hydrogen-bond donors (Lipinski definition) is 3. The summed E-state index contributed by atoms with van der Waals surface area (Å²) in [6, 6.07) is 4.35. The Morgan fingerprint density at radius 2 is 2.14 bits per heavy atom. The van der Waals surface area contributed by atoms with E-state index in [1.54, 1.807) is 6.20 Å². The predicted octanol–water partition coefficient (Wildman–Crippen LogP) is 0.828. The van der Waals surface area contributed by atoms with Gasteiger partial charge in [-0.2, -0.15) is 0 Å². The third kappa shape index (κ3) is 2.35. The number of hydrogen-bond acceptors (Lipinski definition) is 4. The lowest BCUT2D eigenvalue weighted by Gasteiger charge is -2.24. The standard InChI is InChI=1S/C10H16N4/c11-8-1-2-10(13-7-8)14-9-3-5-12-6-4-9/h1-2,7,9,12H,3-6,11H2,(H,13,14). The fourth-order valence-corrected chi connectivity index (χ4v) is 1.67. The molecule has 0 aliphatic carbocycles. The molecule has 2 rings (SSSR count). The lowest BCUT2D eigenvalue weighted by molar-refractivity contribution is 0.478. The molecule has 76 valence electrons. The molecule has 0 unspecified atom stereocenters. The summed E-state index contributed by atoms with van der Waals surface area (Å²) in [4.78, 5) is 4.22. The van der Waals surface area contributed by atoms with Gasteiger partial charge in [0.05, 0.1) is 11.9 Å². The molecule has 0 radical (unpaired) electrons. The Morgan fingerprint density at radius 3 is 2.79 bits per heavy atom. The predicted molar refractivity (Wildman–Crippen MR) is 58.2 cm³/mol. The zero-order valence-corrected chi connectivity index (χ0v) is 8.16. The van der Waals surface area contributed by atoms with E-state index >= 15 is 0 Å². The topological polar surface area (TPSA) is 63.0 Å². The molecule has 0 aromatic carbocycles. The maximum atomic E-state index is 5.56. The molecule has 2 heterocycles. The van der Waals surface area contributed by atoms with Crippen molar-refractivity contribution in [2.24, 2.45) is 0 Å². The van der Waals surface area contributed by atoms with E-state index in [0.717, 1.165) is 31.7 Å². The van der Waals surface area contributed by atoms with Gasteiger partial charge in [0.2, 0.25) is 0 Å². The summed E-state index contributed by atoms with van der Waals surface area (Å²) in [5.41, 5.74) is 6.27. The van der Waals surface area contributed by atoms with Gasteiger partial charge >= 0.3 is 0 Å². The Balaban J connectivity index is 1.92. The van der Waals surface area contributed by atoms with Crippen molar-refractivity contribution < 1.29 is 0 Å². The zero-order chi connectivity index (χ0) is 9.80. The van der Waals surface area contributed by atoms with Gasteiger partial charge in [-0.15, -0.1) is 0 Å². The van der Waals surface area contributed by atoms with Gasteiger partial charge in [-0.1, -0.05) is 0 Å². The summed E-state index contributed by atoms with van der Waals surface area (Å²) in [5, 5.41) is 6.73. The Bertz CT molecular complexity index is 277. The smallest absolute Gasteiger partial charge is 0.126 e. The van der Waals surface area contributed by atoms with Gasteiger partial charge in [0.25, 0.3) is 0 Å². The largest absolute Gasteiger partial charge is 0.397 e. The van der Waals surface area contributed by atoms with E-state index < -0.39 is 0 Å². The Labute approximate surface area is 83.9 Å². The van der Waals surface area contributed by atoms with E-state index in [2.05, 4.69) is 15.6 Å². The van der Waals surface area contributed by atoms with E-state index in [9.17, 15) is 0 Å². The van der Waals surface area contributed by atoms with E-state index in [4.69, 9.17) is 5.73 Å². The van der Waals surface area contributed by atoms with Crippen LogP contribution in [-0.4, -0.2) is 24.1 Å². The average Bonchev–Trinajstić information content (AvgIpc) is 2.23. The third-order valence-corrected chi connectivity index (χ3v) is 2.48. The molecule has 4 N–H and O–H groups in total. The monoisotopic (exact) mass is 192 g/mol. The first-order valence-electron chi connectivity index (χ1n) is 5.03. The fourth-order valence-electron chi connectivity index (χ4n) is 1.67. The second-order valence-electron chi connectivity index (χ2n) is 3.65. The third-order valence-electron chi connectivity index (χ3n) is 2.48. The lowest BCUT2D eigenvalue weighted by atomic mass is 10.1. The summed E-state index contributed by atoms with van der Waals surface area (Å²) in [6.07, 6.45) is 4.00. The first-order chi connectivity index (χ1) is 6.84. The number of rotatable bonds is 2. The molecule has 14 heavy (non-hydrogen) atoms. The molecular weight excluding hydrogens is 176 g/mol. The summed E-state index contributed by atoms with van der Waals surface area (Å²) < 4.78 is 0. The van der Waals surface area contributed by atoms with Crippen LogP contribution in [0.3, 0.4) is 0 Å². The number of nitrogen functional groups attached to an aromatic ring is 1. The van der Waals surface area contributed by atoms with Gasteiger partial charge in [-0.25, -0.2) is 4.98 Å². The highest BCUT2D eigenvalue weighted by Gasteiger charge is 2.12. The molecule has 1 aromatic heterocycles. The van der Waals surface area contributed by atoms with Crippen molar-refractivity contribution in [1.82, 2.24) is 10.3 Å². The van der Waals surface area contributed by atoms with Crippen molar-refractivity contribution in [3.05, 3.63) is 18.3 Å². The maximum Gasteiger partial charge on any atom is 0.126 e. The number of aromatic nitrogens is 1. The molecule has 1 aliphatic rings. The van der Waals surface area contributed by atoms with E-state index in [0.29, 0.717) is 11.7 Å². The van der Waals surface area contributed by atoms with E-state index in [1.165, 1.54) is 0 Å². The molecule has 0 saturated carbocycles. The van der Waals surface area contributed by atoms with Crippen molar-refractivity contribution in [1.29, 1.82) is 0 Å². The maximum absolute atomic E-state index is 5.56. The minimum absolute atomic E-state index is 0.548. The molecule has 1 saturated heterocycles. The Kier molecular flexibility index (Phi) is 2.84. The fraction of sp³-hybridized carbons (Fsp3) is 0.500. The minimum atomic E-state index is 0.548. The summed E-state index contributed by atoms with van der Waals surface area (Å²) >= 11 is 0. The molecule has 0 bridgehead atoms. The second kappa shape index (κ2) is 4.28. The van der Waals surface area contributed by atoms with Gasteiger partial charge < -0.3 is 16.4 Å². The summed E-state index contributed by atoms with van der Waals surface area (Å²) in [5.74, 6) is 0.922.